The van der Waals surface area contributed by atoms with Crippen molar-refractivity contribution in [3.63, 3.8) is 0 Å². The van der Waals surface area contributed by atoms with Gasteiger partial charge in [-0.25, -0.2) is 9.78 Å². The first-order chi connectivity index (χ1) is 5.24. The van der Waals surface area contributed by atoms with E-state index in [1.54, 1.807) is 0 Å². The first-order valence-electron chi connectivity index (χ1n) is 2.83. The fourth-order valence-electron chi connectivity index (χ4n) is 0.617. The molecule has 0 atom stereocenters. The largest absolute Gasteiger partial charge is 0.477 e. The van der Waals surface area contributed by atoms with Crippen molar-refractivity contribution >= 4 is 24.8 Å². The Bertz CT molecular complexity index is 332. The van der Waals surface area contributed by atoms with Gasteiger partial charge < -0.3 is 5.11 Å². The Kier molecular flexibility index (Phi) is 4.07. The molecule has 0 aromatic carbocycles. The number of nitrogens with zero attached hydrogens (tertiary/aromatic N) is 2. The number of nitriles is 1. The molecule has 0 unspecified atom stereocenters. The van der Waals surface area contributed by atoms with Crippen LogP contribution in [0.4, 0.5) is 0 Å². The number of aromatic nitrogens is 1. The molecule has 4 nitrogen and oxygen atoms in total. The number of aromatic carboxylic acids is 1. The zero-order valence-corrected chi connectivity index (χ0v) is 6.48. The molecule has 12 heavy (non-hydrogen) atoms. The molecule has 0 spiro atoms. The van der Waals surface area contributed by atoms with Crippen molar-refractivity contribution in [2.45, 2.75) is 0 Å². The van der Waals surface area contributed by atoms with Crippen LogP contribution in [0.1, 0.15) is 16.1 Å². The average Bonchev–Trinajstić information content (AvgIpc) is 2.05. The van der Waals surface area contributed by atoms with Crippen LogP contribution in [-0.4, -0.2) is 34.9 Å². The fraction of sp³-hybridized carbons (Fsp3) is 0. The van der Waals surface area contributed by atoms with E-state index < -0.39 is 5.97 Å². The molecule has 55 valence electrons. The summed E-state index contributed by atoms with van der Waals surface area (Å²) >= 11 is 0. The van der Waals surface area contributed by atoms with Gasteiger partial charge in [0, 0.05) is 25.1 Å². The van der Waals surface area contributed by atoms with Crippen LogP contribution in [0.3, 0.4) is 0 Å². The van der Waals surface area contributed by atoms with Crippen LogP contribution in [0.15, 0.2) is 18.3 Å². The van der Waals surface area contributed by atoms with E-state index in [0.717, 1.165) is 0 Å². The van der Waals surface area contributed by atoms with Gasteiger partial charge in [-0.2, -0.15) is 5.26 Å². The smallest absolute Gasteiger partial charge is 0.354 e. The van der Waals surface area contributed by atoms with Gasteiger partial charge in [0.2, 0.25) is 0 Å². The number of carbonyl (C=O) groups is 1. The minimum absolute atomic E-state index is 0. The van der Waals surface area contributed by atoms with Crippen molar-refractivity contribution in [1.82, 2.24) is 4.98 Å². The normalized spacial score (nSPS) is 7.92. The van der Waals surface area contributed by atoms with Crippen molar-refractivity contribution < 1.29 is 9.90 Å². The summed E-state index contributed by atoms with van der Waals surface area (Å²) in [5.74, 6) is -1.12. The third-order valence-corrected chi connectivity index (χ3v) is 1.11. The van der Waals surface area contributed by atoms with Crippen LogP contribution in [0.25, 0.3) is 0 Å². The molecule has 0 aliphatic carbocycles. The van der Waals surface area contributed by atoms with E-state index in [9.17, 15) is 4.79 Å². The average molecular weight is 155 g/mol. The van der Waals surface area contributed by atoms with Crippen LogP contribution >= 0.6 is 0 Å². The Morgan fingerprint density at radius 3 is 2.83 bits per heavy atom. The zero-order valence-electron chi connectivity index (χ0n) is 6.48. The fourth-order valence-corrected chi connectivity index (χ4v) is 0.617. The summed E-state index contributed by atoms with van der Waals surface area (Å²) < 4.78 is 0. The van der Waals surface area contributed by atoms with E-state index in [4.69, 9.17) is 10.4 Å². The monoisotopic (exact) mass is 155 g/mol. The second kappa shape index (κ2) is 4.56. The van der Waals surface area contributed by atoms with Gasteiger partial charge in [0.25, 0.3) is 0 Å². The summed E-state index contributed by atoms with van der Waals surface area (Å²) in [5, 5.41) is 16.8. The van der Waals surface area contributed by atoms with Crippen LogP contribution in [0, 0.1) is 11.3 Å². The van der Waals surface area contributed by atoms with Gasteiger partial charge in [0.15, 0.2) is 0 Å². The Hall–Kier alpha value is -1.29. The maximum absolute atomic E-state index is 10.3. The SMILES string of the molecule is N#Cc1ccnc(C(=O)O)c1.[Li]. The van der Waals surface area contributed by atoms with Crippen LogP contribution in [0.5, 0.6) is 0 Å². The van der Waals surface area contributed by atoms with Gasteiger partial charge in [-0.15, -0.1) is 0 Å². The number of carboxylic acid groups (broad SMARTS) is 1. The first kappa shape index (κ1) is 10.7. The summed E-state index contributed by atoms with van der Waals surface area (Å²) in [6.07, 6.45) is 1.29. The van der Waals surface area contributed by atoms with E-state index in [2.05, 4.69) is 4.98 Å². The van der Waals surface area contributed by atoms with E-state index in [0.29, 0.717) is 5.56 Å². The topological polar surface area (TPSA) is 74.0 Å². The van der Waals surface area contributed by atoms with E-state index >= 15 is 0 Å². The summed E-state index contributed by atoms with van der Waals surface area (Å²) in [6.45, 7) is 0. The minimum Gasteiger partial charge on any atom is -0.477 e. The molecule has 1 heterocycles. The molecule has 0 saturated heterocycles. The number of hydrogen-bond donors (Lipinski definition) is 1. The third-order valence-electron chi connectivity index (χ3n) is 1.11. The third kappa shape index (κ3) is 2.39. The van der Waals surface area contributed by atoms with Gasteiger partial charge in [-0.05, 0) is 12.1 Å². The molecule has 0 bridgehead atoms. The van der Waals surface area contributed by atoms with Crippen LogP contribution in [-0.2, 0) is 0 Å². The van der Waals surface area contributed by atoms with Crippen molar-refractivity contribution in [2.75, 3.05) is 0 Å². The van der Waals surface area contributed by atoms with Crippen molar-refractivity contribution in [3.05, 3.63) is 29.6 Å². The van der Waals surface area contributed by atoms with Gasteiger partial charge in [-0.1, -0.05) is 0 Å². The number of carboxylic acids is 1. The first-order valence-corrected chi connectivity index (χ1v) is 2.83. The molecule has 5 heteroatoms. The maximum Gasteiger partial charge on any atom is 0.354 e. The Balaban J connectivity index is 0.00000121. The second-order valence-corrected chi connectivity index (χ2v) is 1.85. The summed E-state index contributed by atoms with van der Waals surface area (Å²) in [5.41, 5.74) is 0.196. The summed E-state index contributed by atoms with van der Waals surface area (Å²) in [4.78, 5) is 13.8. The van der Waals surface area contributed by atoms with E-state index in [1.807, 2.05) is 6.07 Å². The molecule has 1 rings (SSSR count). The molecular weight excluding hydrogens is 151 g/mol. The van der Waals surface area contributed by atoms with Crippen molar-refractivity contribution in [2.24, 2.45) is 0 Å². The quantitative estimate of drug-likeness (QED) is 0.590. The molecule has 0 fully saturated rings. The second-order valence-electron chi connectivity index (χ2n) is 1.85. The van der Waals surface area contributed by atoms with Crippen LogP contribution < -0.4 is 0 Å². The van der Waals surface area contributed by atoms with Crippen molar-refractivity contribution in [3.8, 4) is 6.07 Å². The molecule has 1 aromatic heterocycles. The minimum atomic E-state index is -1.12. The zero-order chi connectivity index (χ0) is 8.27. The Morgan fingerprint density at radius 1 is 1.67 bits per heavy atom. The van der Waals surface area contributed by atoms with Gasteiger partial charge >= 0.3 is 5.97 Å². The molecular formula is C7H4LiN2O2. The van der Waals surface area contributed by atoms with Gasteiger partial charge in [0.05, 0.1) is 11.6 Å². The Morgan fingerprint density at radius 2 is 2.33 bits per heavy atom. The number of hydrogen-bond acceptors (Lipinski definition) is 3. The molecule has 0 amide bonds. The standard InChI is InChI=1S/C7H4N2O2.Li/c8-4-5-1-2-9-6(3-5)7(10)11;/h1-3H,(H,10,11);. The molecule has 0 aliphatic heterocycles. The molecule has 1 N–H and O–H groups in total. The predicted octanol–water partition coefficient (Wildman–Crippen LogP) is 0.271. The summed E-state index contributed by atoms with van der Waals surface area (Å²) in [7, 11) is 0. The van der Waals surface area contributed by atoms with Crippen LogP contribution in [0.2, 0.25) is 0 Å². The summed E-state index contributed by atoms with van der Waals surface area (Å²) in [6, 6.07) is 4.49. The van der Waals surface area contributed by atoms with Crippen molar-refractivity contribution in [1.29, 1.82) is 5.26 Å². The maximum atomic E-state index is 10.3. The molecule has 0 aliphatic rings. The molecule has 1 aromatic rings. The molecule has 0 saturated carbocycles. The molecule has 1 radical (unpaired) electrons. The number of pyridine rings is 1. The van der Waals surface area contributed by atoms with E-state index in [-0.39, 0.29) is 24.6 Å². The predicted molar refractivity (Wildman–Crippen MR) is 41.7 cm³/mol. The van der Waals surface area contributed by atoms with E-state index in [1.165, 1.54) is 18.3 Å². The Labute approximate surface area is 81.0 Å². The van der Waals surface area contributed by atoms with Gasteiger partial charge in [-0.3, -0.25) is 0 Å². The number of rotatable bonds is 1. The van der Waals surface area contributed by atoms with Gasteiger partial charge in [0.1, 0.15) is 5.69 Å².